The number of hydrogen-bond donors (Lipinski definition) is 0. The van der Waals surface area contributed by atoms with Crippen LogP contribution < -0.4 is 0 Å². The molecule has 0 bridgehead atoms. The van der Waals surface area contributed by atoms with Crippen LogP contribution in [-0.4, -0.2) is 49.4 Å². The second-order valence-corrected chi connectivity index (χ2v) is 6.62. The number of aromatic nitrogens is 4. The van der Waals surface area contributed by atoms with Crippen LogP contribution in [0.4, 0.5) is 0 Å². The molecule has 3 aromatic heterocycles. The summed E-state index contributed by atoms with van der Waals surface area (Å²) in [5, 5.41) is 4.02. The third-order valence-electron chi connectivity index (χ3n) is 4.79. The number of rotatable bonds is 4. The van der Waals surface area contributed by atoms with Crippen molar-refractivity contribution >= 4 is 11.7 Å². The first-order valence-electron chi connectivity index (χ1n) is 8.82. The molecule has 0 radical (unpaired) electrons. The van der Waals surface area contributed by atoms with Gasteiger partial charge < -0.3 is 14.0 Å². The molecule has 1 aliphatic rings. The Kier molecular flexibility index (Phi) is 4.53. The number of pyridine rings is 1. The predicted molar refractivity (Wildman–Crippen MR) is 95.8 cm³/mol. The summed E-state index contributed by atoms with van der Waals surface area (Å²) in [4.78, 5) is 35.2. The normalized spacial score (nSPS) is 17.1. The summed E-state index contributed by atoms with van der Waals surface area (Å²) in [5.74, 6) is -0.112. The van der Waals surface area contributed by atoms with Gasteiger partial charge in [-0.15, -0.1) is 0 Å². The number of piperidine rings is 1. The van der Waals surface area contributed by atoms with E-state index >= 15 is 0 Å². The van der Waals surface area contributed by atoms with E-state index in [1.807, 2.05) is 12.1 Å². The lowest BCUT2D eigenvalue weighted by atomic mass is 9.97. The summed E-state index contributed by atoms with van der Waals surface area (Å²) in [5.41, 5.74) is 1.16. The molecule has 0 aliphatic carbocycles. The van der Waals surface area contributed by atoms with Crippen molar-refractivity contribution in [2.24, 2.45) is 7.05 Å². The van der Waals surface area contributed by atoms with E-state index in [2.05, 4.69) is 15.1 Å². The smallest absolute Gasteiger partial charge is 0.296 e. The zero-order valence-electron chi connectivity index (χ0n) is 14.9. The van der Waals surface area contributed by atoms with E-state index < -0.39 is 11.7 Å². The highest BCUT2D eigenvalue weighted by Gasteiger charge is 2.32. The van der Waals surface area contributed by atoms with Crippen molar-refractivity contribution in [2.75, 3.05) is 13.1 Å². The Hall–Kier alpha value is -3.29. The van der Waals surface area contributed by atoms with Crippen LogP contribution in [0.1, 0.15) is 35.1 Å². The van der Waals surface area contributed by atoms with Crippen molar-refractivity contribution in [3.8, 4) is 11.4 Å². The van der Waals surface area contributed by atoms with E-state index in [1.165, 1.54) is 0 Å². The minimum atomic E-state index is -0.496. The van der Waals surface area contributed by atoms with Crippen molar-refractivity contribution in [3.63, 3.8) is 0 Å². The minimum Gasteiger partial charge on any atom is -0.348 e. The molecule has 8 nitrogen and oxygen atoms in total. The van der Waals surface area contributed by atoms with Gasteiger partial charge >= 0.3 is 0 Å². The van der Waals surface area contributed by atoms with Gasteiger partial charge in [0.25, 0.3) is 11.7 Å². The molecule has 4 rings (SSSR count). The summed E-state index contributed by atoms with van der Waals surface area (Å²) in [6.07, 6.45) is 6.71. The number of hydrogen-bond acceptors (Lipinski definition) is 6. The topological polar surface area (TPSA) is 94.1 Å². The first kappa shape index (κ1) is 17.1. The largest absolute Gasteiger partial charge is 0.348 e. The van der Waals surface area contributed by atoms with E-state index in [0.717, 1.165) is 18.4 Å². The van der Waals surface area contributed by atoms with E-state index in [0.29, 0.717) is 30.5 Å². The van der Waals surface area contributed by atoms with Crippen LogP contribution >= 0.6 is 0 Å². The molecule has 0 N–H and O–H groups in total. The summed E-state index contributed by atoms with van der Waals surface area (Å²) in [7, 11) is 1.75. The number of ketones is 1. The quantitative estimate of drug-likeness (QED) is 0.519. The Bertz CT molecular complexity index is 963. The summed E-state index contributed by atoms with van der Waals surface area (Å²) in [6, 6.07) is 7.07. The Balaban J connectivity index is 1.48. The van der Waals surface area contributed by atoms with Gasteiger partial charge in [0.05, 0.1) is 11.6 Å². The monoisotopic (exact) mass is 365 g/mol. The fraction of sp³-hybridized carbons (Fsp3) is 0.316. The number of likely N-dealkylation sites (tertiary alicyclic amines) is 1. The third-order valence-corrected chi connectivity index (χ3v) is 4.79. The highest BCUT2D eigenvalue weighted by atomic mass is 16.5. The van der Waals surface area contributed by atoms with Crippen LogP contribution in [0.3, 0.4) is 0 Å². The fourth-order valence-electron chi connectivity index (χ4n) is 3.33. The molecular formula is C19H19N5O3. The lowest BCUT2D eigenvalue weighted by molar-refractivity contribution is -0.127. The molecule has 4 heterocycles. The lowest BCUT2D eigenvalue weighted by Gasteiger charge is -2.30. The first-order valence-corrected chi connectivity index (χ1v) is 8.82. The molecule has 1 saturated heterocycles. The van der Waals surface area contributed by atoms with Gasteiger partial charge in [0.15, 0.2) is 0 Å². The molecule has 0 aromatic carbocycles. The van der Waals surface area contributed by atoms with Crippen molar-refractivity contribution in [3.05, 3.63) is 54.4 Å². The first-order chi connectivity index (χ1) is 13.1. The van der Waals surface area contributed by atoms with Crippen molar-refractivity contribution < 1.29 is 14.1 Å². The van der Waals surface area contributed by atoms with Gasteiger partial charge in [-0.3, -0.25) is 14.6 Å². The fourth-order valence-corrected chi connectivity index (χ4v) is 3.33. The van der Waals surface area contributed by atoms with Gasteiger partial charge in [-0.2, -0.15) is 4.98 Å². The molecular weight excluding hydrogens is 346 g/mol. The van der Waals surface area contributed by atoms with Crippen LogP contribution in [0.25, 0.3) is 11.4 Å². The number of aryl methyl sites for hydroxylation is 1. The van der Waals surface area contributed by atoms with Crippen LogP contribution in [-0.2, 0) is 11.8 Å². The van der Waals surface area contributed by atoms with E-state index in [1.54, 1.807) is 47.2 Å². The predicted octanol–water partition coefficient (Wildman–Crippen LogP) is 2.06. The summed E-state index contributed by atoms with van der Waals surface area (Å²) >= 11 is 0. The van der Waals surface area contributed by atoms with Gasteiger partial charge in [0.2, 0.25) is 11.7 Å². The second-order valence-electron chi connectivity index (χ2n) is 6.62. The van der Waals surface area contributed by atoms with Gasteiger partial charge in [-0.25, -0.2) is 0 Å². The Morgan fingerprint density at radius 1 is 1.26 bits per heavy atom. The molecule has 3 aromatic rings. The lowest BCUT2D eigenvalue weighted by Crippen LogP contribution is -2.43. The summed E-state index contributed by atoms with van der Waals surface area (Å²) < 4.78 is 7.08. The molecule has 8 heteroatoms. The van der Waals surface area contributed by atoms with Crippen molar-refractivity contribution in [2.45, 2.75) is 18.8 Å². The molecule has 27 heavy (non-hydrogen) atoms. The van der Waals surface area contributed by atoms with Crippen LogP contribution in [0.15, 0.2) is 47.4 Å². The van der Waals surface area contributed by atoms with E-state index in [9.17, 15) is 9.59 Å². The molecule has 1 atom stereocenters. The Morgan fingerprint density at radius 2 is 2.15 bits per heavy atom. The molecule has 1 aliphatic heterocycles. The van der Waals surface area contributed by atoms with E-state index in [-0.39, 0.29) is 5.92 Å². The maximum absolute atomic E-state index is 12.6. The Labute approximate surface area is 155 Å². The minimum absolute atomic E-state index is 0.0816. The highest BCUT2D eigenvalue weighted by molar-refractivity contribution is 6.42. The van der Waals surface area contributed by atoms with Crippen LogP contribution in [0, 0.1) is 0 Å². The maximum Gasteiger partial charge on any atom is 0.296 e. The summed E-state index contributed by atoms with van der Waals surface area (Å²) in [6.45, 7) is 0.943. The van der Waals surface area contributed by atoms with Gasteiger partial charge in [0.1, 0.15) is 0 Å². The Morgan fingerprint density at radius 3 is 2.89 bits per heavy atom. The molecule has 1 amide bonds. The second kappa shape index (κ2) is 7.14. The SMILES string of the molecule is Cn1cccc1C(=O)C(=O)N1CCC[C@@H](c2nc(-c3cccnc3)no2)C1. The van der Waals surface area contributed by atoms with Gasteiger partial charge in [-0.1, -0.05) is 5.16 Å². The number of Topliss-reactive ketones (excluding diaryl/α,β-unsaturated/α-hetero) is 1. The number of carbonyl (C=O) groups is 2. The van der Waals surface area contributed by atoms with Gasteiger partial charge in [0, 0.05) is 44.3 Å². The van der Waals surface area contributed by atoms with Crippen LogP contribution in [0.2, 0.25) is 0 Å². The van der Waals surface area contributed by atoms with Crippen molar-refractivity contribution in [1.29, 1.82) is 0 Å². The van der Waals surface area contributed by atoms with Crippen molar-refractivity contribution in [1.82, 2.24) is 24.6 Å². The van der Waals surface area contributed by atoms with Crippen LogP contribution in [0.5, 0.6) is 0 Å². The zero-order valence-corrected chi connectivity index (χ0v) is 14.9. The molecule has 0 saturated carbocycles. The average Bonchev–Trinajstić information content (AvgIpc) is 3.37. The zero-order chi connectivity index (χ0) is 18.8. The number of nitrogens with zero attached hydrogens (tertiary/aromatic N) is 5. The van der Waals surface area contributed by atoms with Gasteiger partial charge in [-0.05, 0) is 37.1 Å². The molecule has 138 valence electrons. The van der Waals surface area contributed by atoms with E-state index in [4.69, 9.17) is 4.52 Å². The molecule has 1 fully saturated rings. The molecule has 0 spiro atoms. The third kappa shape index (κ3) is 3.38. The standard InChI is InChI=1S/C19H19N5O3/c1-23-9-4-7-15(23)16(25)19(26)24-10-3-6-14(12-24)18-21-17(22-27-18)13-5-2-8-20-11-13/h2,4-5,7-9,11,14H,3,6,10,12H2,1H3/t14-/m1/s1. The average molecular weight is 365 g/mol. The highest BCUT2D eigenvalue weighted by Crippen LogP contribution is 2.27. The number of carbonyl (C=O) groups excluding carboxylic acids is 2. The maximum atomic E-state index is 12.6. The number of amides is 1. The molecule has 0 unspecified atom stereocenters.